The second-order valence-corrected chi connectivity index (χ2v) is 10.0. The van der Waals surface area contributed by atoms with E-state index in [9.17, 15) is 13.2 Å². The number of amides is 1. The number of benzene rings is 1. The summed E-state index contributed by atoms with van der Waals surface area (Å²) in [4.78, 5) is 21.4. The number of imidazole rings is 1. The van der Waals surface area contributed by atoms with Crippen molar-refractivity contribution in [3.05, 3.63) is 48.5 Å². The Labute approximate surface area is 188 Å². The Kier molecular flexibility index (Phi) is 6.86. The number of nitrogens with zero attached hydrogens (tertiary/aromatic N) is 4. The lowest BCUT2D eigenvalue weighted by Gasteiger charge is -2.15. The number of fused-ring (bicyclic) bond motifs is 1. The first-order chi connectivity index (χ1) is 15.5. The second-order valence-electron chi connectivity index (χ2n) is 8.08. The van der Waals surface area contributed by atoms with Crippen LogP contribution in [0, 0.1) is 0 Å². The van der Waals surface area contributed by atoms with Gasteiger partial charge in [-0.2, -0.15) is 4.31 Å². The summed E-state index contributed by atoms with van der Waals surface area (Å²) in [7, 11) is -3.50. The van der Waals surface area contributed by atoms with E-state index in [4.69, 9.17) is 4.98 Å². The van der Waals surface area contributed by atoms with E-state index in [-0.39, 0.29) is 17.2 Å². The van der Waals surface area contributed by atoms with Crippen LogP contribution in [0.2, 0.25) is 0 Å². The Bertz CT molecular complexity index is 1190. The zero-order chi connectivity index (χ0) is 22.6. The molecule has 3 heterocycles. The van der Waals surface area contributed by atoms with Crippen molar-refractivity contribution in [2.45, 2.75) is 56.9 Å². The maximum absolute atomic E-state index is 13.0. The van der Waals surface area contributed by atoms with Gasteiger partial charge in [0.15, 0.2) is 0 Å². The van der Waals surface area contributed by atoms with Crippen molar-refractivity contribution in [1.29, 1.82) is 0 Å². The highest BCUT2D eigenvalue weighted by molar-refractivity contribution is 7.89. The Morgan fingerprint density at radius 1 is 1.19 bits per heavy atom. The van der Waals surface area contributed by atoms with Gasteiger partial charge in [0.05, 0.1) is 27.8 Å². The molecule has 0 unspecified atom stereocenters. The lowest BCUT2D eigenvalue weighted by Crippen LogP contribution is -2.27. The number of aryl methyl sites for hydroxylation is 2. The SMILES string of the molecule is CCCCn1c(CCC(=O)Nc2cccnc2)nc2cc(S(=O)(=O)N3CCCC3)ccc21. The number of anilines is 1. The quantitative estimate of drug-likeness (QED) is 0.532. The number of hydrogen-bond acceptors (Lipinski definition) is 5. The lowest BCUT2D eigenvalue weighted by atomic mass is 10.2. The molecule has 8 nitrogen and oxygen atoms in total. The zero-order valence-corrected chi connectivity index (χ0v) is 19.1. The van der Waals surface area contributed by atoms with Crippen LogP contribution in [0.3, 0.4) is 0 Å². The van der Waals surface area contributed by atoms with E-state index in [0.717, 1.165) is 43.6 Å². The topological polar surface area (TPSA) is 97.2 Å². The molecular weight excluding hydrogens is 426 g/mol. The predicted molar refractivity (Wildman–Crippen MR) is 124 cm³/mol. The number of unbranched alkanes of at least 4 members (excludes halogenated alkanes) is 1. The number of sulfonamides is 1. The van der Waals surface area contributed by atoms with Crippen LogP contribution in [-0.2, 0) is 27.8 Å². The fourth-order valence-electron chi connectivity index (χ4n) is 4.04. The summed E-state index contributed by atoms with van der Waals surface area (Å²) in [5, 5.41) is 2.85. The maximum Gasteiger partial charge on any atom is 0.243 e. The van der Waals surface area contributed by atoms with Gasteiger partial charge >= 0.3 is 0 Å². The van der Waals surface area contributed by atoms with Gasteiger partial charge in [-0.05, 0) is 49.6 Å². The van der Waals surface area contributed by atoms with Crippen molar-refractivity contribution in [3.8, 4) is 0 Å². The Hall–Kier alpha value is -2.78. The smallest absolute Gasteiger partial charge is 0.243 e. The molecule has 0 saturated carbocycles. The molecule has 1 aliphatic rings. The molecule has 1 amide bonds. The van der Waals surface area contributed by atoms with Crippen molar-refractivity contribution in [2.75, 3.05) is 18.4 Å². The summed E-state index contributed by atoms with van der Waals surface area (Å²) in [6.07, 6.45) is 7.83. The Morgan fingerprint density at radius 3 is 2.72 bits per heavy atom. The van der Waals surface area contributed by atoms with Crippen molar-refractivity contribution >= 4 is 32.7 Å². The van der Waals surface area contributed by atoms with Crippen molar-refractivity contribution in [1.82, 2.24) is 18.8 Å². The Morgan fingerprint density at radius 2 is 2.00 bits per heavy atom. The van der Waals surface area contributed by atoms with Gasteiger partial charge in [0.25, 0.3) is 0 Å². The minimum atomic E-state index is -3.50. The van der Waals surface area contributed by atoms with Crippen LogP contribution in [0.25, 0.3) is 11.0 Å². The molecule has 0 bridgehead atoms. The molecule has 9 heteroatoms. The van der Waals surface area contributed by atoms with Gasteiger partial charge in [-0.3, -0.25) is 9.78 Å². The van der Waals surface area contributed by atoms with Crippen LogP contribution in [0.1, 0.15) is 44.9 Å². The summed E-state index contributed by atoms with van der Waals surface area (Å²) < 4.78 is 29.6. The van der Waals surface area contributed by atoms with Crippen LogP contribution in [0.4, 0.5) is 5.69 Å². The first kappa shape index (κ1) is 22.4. The van der Waals surface area contributed by atoms with Gasteiger partial charge in [0.1, 0.15) is 5.82 Å². The summed E-state index contributed by atoms with van der Waals surface area (Å²) in [5.41, 5.74) is 2.22. The Balaban J connectivity index is 1.57. The van der Waals surface area contributed by atoms with Gasteiger partial charge in [0, 0.05) is 38.7 Å². The van der Waals surface area contributed by atoms with E-state index < -0.39 is 10.0 Å². The fourth-order valence-corrected chi connectivity index (χ4v) is 5.58. The molecule has 4 rings (SSSR count). The first-order valence-corrected chi connectivity index (χ1v) is 12.6. The second kappa shape index (κ2) is 9.79. The molecule has 170 valence electrons. The number of carbonyl (C=O) groups is 1. The average molecular weight is 456 g/mol. The van der Waals surface area contributed by atoms with E-state index in [1.165, 1.54) is 0 Å². The van der Waals surface area contributed by atoms with Crippen LogP contribution in [0.5, 0.6) is 0 Å². The van der Waals surface area contributed by atoms with Gasteiger partial charge in [-0.1, -0.05) is 13.3 Å². The number of aromatic nitrogens is 3. The molecule has 32 heavy (non-hydrogen) atoms. The van der Waals surface area contributed by atoms with E-state index in [0.29, 0.717) is 30.7 Å². The largest absolute Gasteiger partial charge is 0.328 e. The molecule has 2 aromatic heterocycles. The average Bonchev–Trinajstić information content (AvgIpc) is 3.45. The normalized spacial score (nSPS) is 14.8. The fraction of sp³-hybridized carbons (Fsp3) is 0.435. The van der Waals surface area contributed by atoms with Crippen LogP contribution < -0.4 is 5.32 Å². The van der Waals surface area contributed by atoms with E-state index in [2.05, 4.69) is 21.8 Å². The summed E-state index contributed by atoms with van der Waals surface area (Å²) in [5.74, 6) is 0.690. The van der Waals surface area contributed by atoms with Gasteiger partial charge in [-0.15, -0.1) is 0 Å². The van der Waals surface area contributed by atoms with Crippen molar-refractivity contribution in [3.63, 3.8) is 0 Å². The third kappa shape index (κ3) is 4.83. The number of nitrogens with one attached hydrogen (secondary N) is 1. The summed E-state index contributed by atoms with van der Waals surface area (Å²) in [6, 6.07) is 8.76. The molecule has 1 aromatic carbocycles. The predicted octanol–water partition coefficient (Wildman–Crippen LogP) is 3.59. The number of rotatable bonds is 9. The third-order valence-corrected chi connectivity index (χ3v) is 7.65. The maximum atomic E-state index is 13.0. The standard InChI is InChI=1S/C23H29N5O3S/c1-2-3-15-28-21-9-8-19(32(30,31)27-13-4-5-14-27)16-20(21)26-22(28)10-11-23(29)25-18-7-6-12-24-17-18/h6-9,12,16-17H,2-5,10-11,13-15H2,1H3,(H,25,29). The van der Waals surface area contributed by atoms with Gasteiger partial charge < -0.3 is 9.88 Å². The van der Waals surface area contributed by atoms with Crippen LogP contribution in [0.15, 0.2) is 47.6 Å². The molecule has 3 aromatic rings. The monoisotopic (exact) mass is 455 g/mol. The van der Waals surface area contributed by atoms with Crippen LogP contribution >= 0.6 is 0 Å². The number of hydrogen-bond donors (Lipinski definition) is 1. The number of carbonyl (C=O) groups excluding carboxylic acids is 1. The van der Waals surface area contributed by atoms with Crippen molar-refractivity contribution in [2.24, 2.45) is 0 Å². The molecule has 0 atom stereocenters. The molecular formula is C23H29N5O3S. The lowest BCUT2D eigenvalue weighted by molar-refractivity contribution is -0.116. The molecule has 0 aliphatic carbocycles. The van der Waals surface area contributed by atoms with E-state index in [1.54, 1.807) is 41.0 Å². The highest BCUT2D eigenvalue weighted by atomic mass is 32.2. The molecule has 0 radical (unpaired) electrons. The zero-order valence-electron chi connectivity index (χ0n) is 18.3. The molecule has 1 saturated heterocycles. The van der Waals surface area contributed by atoms with E-state index >= 15 is 0 Å². The highest BCUT2D eigenvalue weighted by Gasteiger charge is 2.27. The van der Waals surface area contributed by atoms with Crippen molar-refractivity contribution < 1.29 is 13.2 Å². The van der Waals surface area contributed by atoms with Crippen LogP contribution in [-0.4, -0.2) is 46.3 Å². The molecule has 1 aliphatic heterocycles. The minimum absolute atomic E-state index is 0.107. The summed E-state index contributed by atoms with van der Waals surface area (Å²) in [6.45, 7) is 4.05. The first-order valence-electron chi connectivity index (χ1n) is 11.2. The van der Waals surface area contributed by atoms with E-state index in [1.807, 2.05) is 6.07 Å². The molecule has 1 N–H and O–H groups in total. The third-order valence-electron chi connectivity index (χ3n) is 5.76. The summed E-state index contributed by atoms with van der Waals surface area (Å²) >= 11 is 0. The molecule has 1 fully saturated rings. The number of pyridine rings is 1. The molecule has 0 spiro atoms. The van der Waals surface area contributed by atoms with Gasteiger partial charge in [0.2, 0.25) is 15.9 Å². The highest BCUT2D eigenvalue weighted by Crippen LogP contribution is 2.26. The minimum Gasteiger partial charge on any atom is -0.328 e. The van der Waals surface area contributed by atoms with Gasteiger partial charge in [-0.25, -0.2) is 13.4 Å².